The lowest BCUT2D eigenvalue weighted by atomic mass is 9.95. The Morgan fingerprint density at radius 1 is 0.897 bits per heavy atom. The number of hydrogen-bond donors (Lipinski definition) is 2. The van der Waals surface area contributed by atoms with Gasteiger partial charge in [-0.3, -0.25) is 10.2 Å². The van der Waals surface area contributed by atoms with Crippen LogP contribution >= 0.6 is 0 Å². The van der Waals surface area contributed by atoms with Gasteiger partial charge in [-0.05, 0) is 55.5 Å². The first-order valence-corrected chi connectivity index (χ1v) is 8.92. The molecule has 0 bridgehead atoms. The largest absolute Gasteiger partial charge is 0.508 e. The van der Waals surface area contributed by atoms with Crippen molar-refractivity contribution in [3.8, 4) is 17.2 Å². The van der Waals surface area contributed by atoms with Gasteiger partial charge in [0.1, 0.15) is 17.2 Å². The Morgan fingerprint density at radius 3 is 2.10 bits per heavy atom. The fraction of sp³-hybridized carbons (Fsp3) is 0.0909. The summed E-state index contributed by atoms with van der Waals surface area (Å²) in [5.41, 5.74) is 2.45. The molecule has 3 aromatic carbocycles. The molecule has 1 saturated heterocycles. The summed E-state index contributed by atoms with van der Waals surface area (Å²) in [6.07, 6.45) is -0.772. The van der Waals surface area contributed by atoms with Gasteiger partial charge in [0.15, 0.2) is 0 Å². The Bertz CT molecular complexity index is 1040. The van der Waals surface area contributed by atoms with Crippen molar-refractivity contribution in [3.05, 3.63) is 84.4 Å². The molecule has 1 heterocycles. The number of carbonyl (C=O) groups excluding carboxylic acids is 2. The first-order chi connectivity index (χ1) is 14.0. The third-order valence-electron chi connectivity index (χ3n) is 4.58. The molecular weight excluding hydrogens is 372 g/mol. The van der Waals surface area contributed by atoms with Gasteiger partial charge in [0.2, 0.25) is 5.60 Å². The number of ether oxygens (including phenoxy) is 2. The molecule has 1 unspecified atom stereocenters. The molecule has 0 aromatic heterocycles. The van der Waals surface area contributed by atoms with Crippen molar-refractivity contribution in [1.29, 1.82) is 0 Å². The average Bonchev–Trinajstić information content (AvgIpc) is 2.95. The van der Waals surface area contributed by atoms with Crippen LogP contribution < -0.4 is 10.2 Å². The van der Waals surface area contributed by atoms with Crippen molar-refractivity contribution in [2.75, 3.05) is 5.43 Å². The van der Waals surface area contributed by atoms with Crippen LogP contribution in [0.4, 0.5) is 10.5 Å². The van der Waals surface area contributed by atoms with Gasteiger partial charge in [-0.15, -0.1) is 5.01 Å². The summed E-state index contributed by atoms with van der Waals surface area (Å²) in [5, 5.41) is 10.2. The van der Waals surface area contributed by atoms with Crippen LogP contribution in [0.1, 0.15) is 12.5 Å². The smallest absolute Gasteiger partial charge is 0.437 e. The molecular formula is C22H18N2O5. The summed E-state index contributed by atoms with van der Waals surface area (Å²) in [6, 6.07) is 21.9. The van der Waals surface area contributed by atoms with Crippen LogP contribution in [-0.2, 0) is 15.1 Å². The van der Waals surface area contributed by atoms with Gasteiger partial charge in [-0.25, -0.2) is 4.79 Å². The molecule has 2 N–H and O–H groups in total. The van der Waals surface area contributed by atoms with Crippen LogP contribution in [0.15, 0.2) is 78.9 Å². The number of nitrogens with one attached hydrogen (secondary N) is 1. The molecule has 0 saturated carbocycles. The predicted molar refractivity (Wildman–Crippen MR) is 105 cm³/mol. The number of amides is 2. The Balaban J connectivity index is 1.52. The van der Waals surface area contributed by atoms with Crippen LogP contribution in [0, 0.1) is 0 Å². The van der Waals surface area contributed by atoms with Crippen molar-refractivity contribution in [2.24, 2.45) is 0 Å². The Labute approximate surface area is 167 Å². The second-order valence-corrected chi connectivity index (χ2v) is 6.64. The number of benzene rings is 3. The standard InChI is InChI=1S/C22H18N2O5/c1-22(20(26)24(21(27)29-22)23-16-5-3-2-4-6-16)15-7-11-18(12-8-15)28-19-13-9-17(25)10-14-19/h2-14,23,25H,1H3. The first-order valence-electron chi connectivity index (χ1n) is 8.92. The molecule has 7 heteroatoms. The molecule has 7 nitrogen and oxygen atoms in total. The zero-order chi connectivity index (χ0) is 20.4. The lowest BCUT2D eigenvalue weighted by Crippen LogP contribution is -2.39. The quantitative estimate of drug-likeness (QED) is 0.671. The molecule has 1 aliphatic rings. The third-order valence-corrected chi connectivity index (χ3v) is 4.58. The lowest BCUT2D eigenvalue weighted by Gasteiger charge is -2.21. The maximum Gasteiger partial charge on any atom is 0.437 e. The number of para-hydroxylation sites is 1. The fourth-order valence-corrected chi connectivity index (χ4v) is 2.97. The van der Waals surface area contributed by atoms with Gasteiger partial charge >= 0.3 is 6.09 Å². The summed E-state index contributed by atoms with van der Waals surface area (Å²) in [5.74, 6) is 0.733. The molecule has 3 aromatic rings. The van der Waals surface area contributed by atoms with E-state index in [1.807, 2.05) is 6.07 Å². The van der Waals surface area contributed by atoms with E-state index in [0.717, 1.165) is 5.01 Å². The van der Waals surface area contributed by atoms with E-state index in [1.54, 1.807) is 67.6 Å². The van der Waals surface area contributed by atoms with E-state index < -0.39 is 17.6 Å². The number of cyclic esters (lactones) is 1. The van der Waals surface area contributed by atoms with E-state index in [4.69, 9.17) is 9.47 Å². The van der Waals surface area contributed by atoms with Crippen molar-refractivity contribution < 1.29 is 24.2 Å². The van der Waals surface area contributed by atoms with E-state index in [0.29, 0.717) is 22.7 Å². The van der Waals surface area contributed by atoms with Gasteiger partial charge in [-0.1, -0.05) is 30.3 Å². The minimum atomic E-state index is -1.45. The second-order valence-electron chi connectivity index (χ2n) is 6.64. The molecule has 2 amide bonds. The van der Waals surface area contributed by atoms with E-state index in [2.05, 4.69) is 5.43 Å². The minimum absolute atomic E-state index is 0.149. The SMILES string of the molecule is CC1(c2ccc(Oc3ccc(O)cc3)cc2)OC(=O)N(Nc2ccccc2)C1=O. The molecule has 4 rings (SSSR count). The zero-order valence-electron chi connectivity index (χ0n) is 15.5. The van der Waals surface area contributed by atoms with Crippen LogP contribution in [0.25, 0.3) is 0 Å². The zero-order valence-corrected chi connectivity index (χ0v) is 15.5. The highest BCUT2D eigenvalue weighted by Crippen LogP contribution is 2.35. The van der Waals surface area contributed by atoms with Crippen LogP contribution in [-0.4, -0.2) is 22.1 Å². The normalized spacial score (nSPS) is 18.4. The highest BCUT2D eigenvalue weighted by molar-refractivity contribution is 6.04. The Kier molecular flexibility index (Phi) is 4.56. The number of hydrazine groups is 1. The highest BCUT2D eigenvalue weighted by atomic mass is 16.6. The van der Waals surface area contributed by atoms with E-state index >= 15 is 0 Å². The second kappa shape index (κ2) is 7.20. The number of phenols is 1. The molecule has 0 spiro atoms. The van der Waals surface area contributed by atoms with Gasteiger partial charge in [0.05, 0.1) is 5.69 Å². The molecule has 1 atom stereocenters. The predicted octanol–water partition coefficient (Wildman–Crippen LogP) is 4.41. The van der Waals surface area contributed by atoms with E-state index in [-0.39, 0.29) is 5.75 Å². The number of nitrogens with zero attached hydrogens (tertiary/aromatic N) is 1. The van der Waals surface area contributed by atoms with E-state index in [1.165, 1.54) is 12.1 Å². The first kappa shape index (κ1) is 18.4. The Morgan fingerprint density at radius 2 is 1.48 bits per heavy atom. The maximum atomic E-state index is 12.9. The summed E-state index contributed by atoms with van der Waals surface area (Å²) in [7, 11) is 0. The number of hydrogen-bond acceptors (Lipinski definition) is 6. The van der Waals surface area contributed by atoms with Gasteiger partial charge < -0.3 is 14.6 Å². The molecule has 29 heavy (non-hydrogen) atoms. The summed E-state index contributed by atoms with van der Waals surface area (Å²) < 4.78 is 11.1. The Hall–Kier alpha value is -4.00. The summed E-state index contributed by atoms with van der Waals surface area (Å²) >= 11 is 0. The number of carbonyl (C=O) groups is 2. The van der Waals surface area contributed by atoms with Crippen molar-refractivity contribution in [3.63, 3.8) is 0 Å². The van der Waals surface area contributed by atoms with Crippen molar-refractivity contribution in [2.45, 2.75) is 12.5 Å². The van der Waals surface area contributed by atoms with Crippen LogP contribution in [0.5, 0.6) is 17.2 Å². The summed E-state index contributed by atoms with van der Waals surface area (Å²) in [4.78, 5) is 25.2. The number of anilines is 1. The maximum absolute atomic E-state index is 12.9. The van der Waals surface area contributed by atoms with E-state index in [9.17, 15) is 14.7 Å². The monoisotopic (exact) mass is 390 g/mol. The topological polar surface area (TPSA) is 88.1 Å². The highest BCUT2D eigenvalue weighted by Gasteiger charge is 2.52. The number of aromatic hydroxyl groups is 1. The molecule has 0 aliphatic carbocycles. The van der Waals surface area contributed by atoms with Crippen molar-refractivity contribution >= 4 is 17.7 Å². The molecule has 0 radical (unpaired) electrons. The molecule has 146 valence electrons. The van der Waals surface area contributed by atoms with Crippen LogP contribution in [0.2, 0.25) is 0 Å². The van der Waals surface area contributed by atoms with Crippen LogP contribution in [0.3, 0.4) is 0 Å². The number of phenolic OH excluding ortho intramolecular Hbond substituents is 1. The third kappa shape index (κ3) is 3.58. The van der Waals surface area contributed by atoms with Gasteiger partial charge in [0, 0.05) is 5.56 Å². The lowest BCUT2D eigenvalue weighted by molar-refractivity contribution is -0.135. The van der Waals surface area contributed by atoms with Gasteiger partial charge in [0.25, 0.3) is 5.91 Å². The average molecular weight is 390 g/mol. The number of rotatable bonds is 5. The van der Waals surface area contributed by atoms with Crippen molar-refractivity contribution in [1.82, 2.24) is 5.01 Å². The molecule has 1 aliphatic heterocycles. The molecule has 1 fully saturated rings. The van der Waals surface area contributed by atoms with Gasteiger partial charge in [-0.2, -0.15) is 0 Å². The number of imide groups is 1. The summed E-state index contributed by atoms with van der Waals surface area (Å²) in [6.45, 7) is 1.55. The minimum Gasteiger partial charge on any atom is -0.508 e. The fourth-order valence-electron chi connectivity index (χ4n) is 2.97.